The molecule has 1 fully saturated rings. The van der Waals surface area contributed by atoms with E-state index in [1.54, 1.807) is 25.4 Å². The molecule has 5 nitrogen and oxygen atoms in total. The van der Waals surface area contributed by atoms with Crippen molar-refractivity contribution < 1.29 is 18.7 Å². The molecule has 0 bridgehead atoms. The molecule has 1 saturated carbocycles. The minimum atomic E-state index is -0.593. The van der Waals surface area contributed by atoms with Gasteiger partial charge in [0.2, 0.25) is 0 Å². The number of aromatic nitrogens is 2. The minimum absolute atomic E-state index is 0.0726. The van der Waals surface area contributed by atoms with Crippen molar-refractivity contribution in [1.82, 2.24) is 9.97 Å². The number of ether oxygens (including phenoxy) is 2. The number of hydrogen-bond acceptors (Lipinski definition) is 5. The molecule has 2 aromatic rings. The van der Waals surface area contributed by atoms with Crippen LogP contribution in [0.4, 0.5) is 4.39 Å². The van der Waals surface area contributed by atoms with Crippen molar-refractivity contribution in [3.05, 3.63) is 36.4 Å². The Bertz CT molecular complexity index is 833. The van der Waals surface area contributed by atoms with Gasteiger partial charge in [-0.15, -0.1) is 0 Å². The monoisotopic (exact) mass is 428 g/mol. The highest BCUT2D eigenvalue weighted by Crippen LogP contribution is 2.32. The van der Waals surface area contributed by atoms with Crippen LogP contribution in [0, 0.1) is 17.7 Å². The summed E-state index contributed by atoms with van der Waals surface area (Å²) in [5.74, 6) is 0.316. The lowest BCUT2D eigenvalue weighted by Crippen LogP contribution is -2.20. The van der Waals surface area contributed by atoms with Crippen molar-refractivity contribution in [1.29, 1.82) is 0 Å². The Hall–Kier alpha value is -2.50. The number of halogens is 1. The van der Waals surface area contributed by atoms with Crippen LogP contribution in [0.3, 0.4) is 0 Å². The summed E-state index contributed by atoms with van der Waals surface area (Å²) >= 11 is 0. The van der Waals surface area contributed by atoms with Crippen molar-refractivity contribution in [3.63, 3.8) is 0 Å². The van der Waals surface area contributed by atoms with Gasteiger partial charge in [0, 0.05) is 24.4 Å². The SMILES string of the molecule is CCCCCC1CCC(COc2ncc(-c3ccc(OC(=O)CC)c(F)c3)cn2)CC1. The van der Waals surface area contributed by atoms with Gasteiger partial charge in [0.25, 0.3) is 0 Å². The van der Waals surface area contributed by atoms with E-state index in [0.717, 1.165) is 5.92 Å². The molecule has 1 aliphatic rings. The third-order valence-electron chi connectivity index (χ3n) is 6.04. The first-order chi connectivity index (χ1) is 15.1. The normalized spacial score (nSPS) is 18.5. The van der Waals surface area contributed by atoms with Crippen LogP contribution in [0.2, 0.25) is 0 Å². The summed E-state index contributed by atoms with van der Waals surface area (Å²) in [5.41, 5.74) is 1.29. The Morgan fingerprint density at radius 1 is 1.03 bits per heavy atom. The predicted octanol–water partition coefficient (Wildman–Crippen LogP) is 6.36. The van der Waals surface area contributed by atoms with Crippen LogP contribution in [-0.2, 0) is 4.79 Å². The van der Waals surface area contributed by atoms with Gasteiger partial charge in [-0.1, -0.05) is 58.4 Å². The topological polar surface area (TPSA) is 61.3 Å². The third-order valence-corrected chi connectivity index (χ3v) is 6.04. The van der Waals surface area contributed by atoms with Crippen molar-refractivity contribution in [2.24, 2.45) is 11.8 Å². The van der Waals surface area contributed by atoms with Gasteiger partial charge in [-0.3, -0.25) is 4.79 Å². The van der Waals surface area contributed by atoms with Crippen molar-refractivity contribution in [2.75, 3.05) is 6.61 Å². The second-order valence-electron chi connectivity index (χ2n) is 8.42. The van der Waals surface area contributed by atoms with Gasteiger partial charge in [0.15, 0.2) is 11.6 Å². The molecule has 31 heavy (non-hydrogen) atoms. The molecular weight excluding hydrogens is 395 g/mol. The highest BCUT2D eigenvalue weighted by atomic mass is 19.1. The Morgan fingerprint density at radius 3 is 2.39 bits per heavy atom. The highest BCUT2D eigenvalue weighted by Gasteiger charge is 2.21. The molecule has 0 unspecified atom stereocenters. The van der Waals surface area contributed by atoms with E-state index in [0.29, 0.717) is 29.7 Å². The number of carbonyl (C=O) groups excluding carboxylic acids is 1. The largest absolute Gasteiger partial charge is 0.463 e. The fourth-order valence-corrected chi connectivity index (χ4v) is 4.06. The van der Waals surface area contributed by atoms with Crippen LogP contribution in [0.5, 0.6) is 11.8 Å². The van der Waals surface area contributed by atoms with Crippen LogP contribution in [0.25, 0.3) is 11.1 Å². The number of carbonyl (C=O) groups is 1. The molecule has 168 valence electrons. The number of hydrogen-bond donors (Lipinski definition) is 0. The molecule has 0 spiro atoms. The number of benzene rings is 1. The van der Waals surface area contributed by atoms with E-state index in [2.05, 4.69) is 16.9 Å². The van der Waals surface area contributed by atoms with E-state index < -0.39 is 11.8 Å². The lowest BCUT2D eigenvalue weighted by Gasteiger charge is -2.28. The van der Waals surface area contributed by atoms with E-state index >= 15 is 0 Å². The lowest BCUT2D eigenvalue weighted by molar-refractivity contribution is -0.134. The summed E-state index contributed by atoms with van der Waals surface area (Å²) in [5, 5.41) is 0. The fraction of sp³-hybridized carbons (Fsp3) is 0.560. The summed E-state index contributed by atoms with van der Waals surface area (Å²) in [6.07, 6.45) is 13.8. The first kappa shape index (κ1) is 23.2. The molecule has 0 radical (unpaired) electrons. The fourth-order valence-electron chi connectivity index (χ4n) is 4.06. The maximum Gasteiger partial charge on any atom is 0.316 e. The van der Waals surface area contributed by atoms with Crippen molar-refractivity contribution in [3.8, 4) is 22.9 Å². The smallest absolute Gasteiger partial charge is 0.316 e. The second kappa shape index (κ2) is 11.8. The quantitative estimate of drug-likeness (QED) is 0.250. The number of esters is 1. The van der Waals surface area contributed by atoms with Gasteiger partial charge >= 0.3 is 12.0 Å². The molecule has 0 amide bonds. The Balaban J connectivity index is 1.47. The molecule has 0 saturated heterocycles. The molecule has 6 heteroatoms. The van der Waals surface area contributed by atoms with Gasteiger partial charge in [-0.05, 0) is 42.4 Å². The van der Waals surface area contributed by atoms with E-state index in [1.165, 1.54) is 63.5 Å². The molecule has 1 aliphatic carbocycles. The van der Waals surface area contributed by atoms with Crippen LogP contribution in [-0.4, -0.2) is 22.5 Å². The van der Waals surface area contributed by atoms with E-state index in [4.69, 9.17) is 9.47 Å². The Morgan fingerprint density at radius 2 is 1.74 bits per heavy atom. The third kappa shape index (κ3) is 7.01. The van der Waals surface area contributed by atoms with Gasteiger partial charge < -0.3 is 9.47 Å². The van der Waals surface area contributed by atoms with Crippen LogP contribution in [0.1, 0.15) is 71.6 Å². The summed E-state index contributed by atoms with van der Waals surface area (Å²) in [6, 6.07) is 4.79. The van der Waals surface area contributed by atoms with Crippen LogP contribution >= 0.6 is 0 Å². The molecule has 0 N–H and O–H groups in total. The first-order valence-electron chi connectivity index (χ1n) is 11.5. The molecule has 1 aromatic carbocycles. The van der Waals surface area contributed by atoms with Crippen molar-refractivity contribution in [2.45, 2.75) is 71.6 Å². The Kier molecular flexibility index (Phi) is 8.80. The molecular formula is C25H33FN2O3. The zero-order chi connectivity index (χ0) is 22.1. The molecule has 1 aromatic heterocycles. The van der Waals surface area contributed by atoms with E-state index in [1.807, 2.05) is 0 Å². The molecule has 0 aliphatic heterocycles. The molecule has 3 rings (SSSR count). The van der Waals surface area contributed by atoms with E-state index in [-0.39, 0.29) is 12.2 Å². The lowest BCUT2D eigenvalue weighted by atomic mass is 9.80. The van der Waals surface area contributed by atoms with E-state index in [9.17, 15) is 9.18 Å². The van der Waals surface area contributed by atoms with Gasteiger partial charge in [-0.25, -0.2) is 14.4 Å². The maximum atomic E-state index is 14.2. The van der Waals surface area contributed by atoms with Gasteiger partial charge in [-0.2, -0.15) is 0 Å². The summed E-state index contributed by atoms with van der Waals surface area (Å²) in [4.78, 5) is 19.9. The highest BCUT2D eigenvalue weighted by molar-refractivity contribution is 5.72. The minimum Gasteiger partial charge on any atom is -0.463 e. The van der Waals surface area contributed by atoms with Gasteiger partial charge in [0.1, 0.15) is 0 Å². The number of nitrogens with zero attached hydrogens (tertiary/aromatic N) is 2. The maximum absolute atomic E-state index is 14.2. The molecule has 0 atom stereocenters. The van der Waals surface area contributed by atoms with Crippen LogP contribution < -0.4 is 9.47 Å². The van der Waals surface area contributed by atoms with Crippen LogP contribution in [0.15, 0.2) is 30.6 Å². The van der Waals surface area contributed by atoms with Gasteiger partial charge in [0.05, 0.1) is 6.61 Å². The van der Waals surface area contributed by atoms with Crippen molar-refractivity contribution >= 4 is 5.97 Å². The average molecular weight is 429 g/mol. The standard InChI is InChI=1S/C25H33FN2O3/c1-3-5-6-7-18-8-10-19(11-9-18)17-30-25-27-15-21(16-28-25)20-12-13-23(22(26)14-20)31-24(29)4-2/h12-16,18-19H,3-11,17H2,1-2H3. The first-order valence-corrected chi connectivity index (χ1v) is 11.5. The summed E-state index contributed by atoms with van der Waals surface area (Å²) in [6.45, 7) is 4.56. The summed E-state index contributed by atoms with van der Waals surface area (Å²) < 4.78 is 25.0. The zero-order valence-electron chi connectivity index (χ0n) is 18.6. The Labute approximate surface area is 184 Å². The number of rotatable bonds is 10. The number of unbranched alkanes of at least 4 members (excludes halogenated alkanes) is 2. The predicted molar refractivity (Wildman–Crippen MR) is 118 cm³/mol. The second-order valence-corrected chi connectivity index (χ2v) is 8.42. The summed E-state index contributed by atoms with van der Waals surface area (Å²) in [7, 11) is 0. The average Bonchev–Trinajstić information content (AvgIpc) is 2.80. The zero-order valence-corrected chi connectivity index (χ0v) is 18.6. The molecule has 1 heterocycles.